The minimum absolute atomic E-state index is 0.0120. The molecule has 1 saturated carbocycles. The smallest absolute Gasteiger partial charge is 0.226 e. The number of likely N-dealkylation sites (N-methyl/N-ethyl adjacent to an activating group) is 1. The van der Waals surface area contributed by atoms with Crippen molar-refractivity contribution in [1.29, 1.82) is 0 Å². The second-order valence-corrected chi connectivity index (χ2v) is 7.79. The van der Waals surface area contributed by atoms with Gasteiger partial charge in [0.15, 0.2) is 9.84 Å². The fraction of sp³-hybridized carbons (Fsp3) is 0.917. The van der Waals surface area contributed by atoms with Crippen molar-refractivity contribution in [2.75, 3.05) is 18.6 Å². The normalized spacial score (nSPS) is 35.3. The van der Waals surface area contributed by atoms with Gasteiger partial charge in [-0.05, 0) is 19.3 Å². The zero-order chi connectivity index (χ0) is 13.3. The van der Waals surface area contributed by atoms with Gasteiger partial charge >= 0.3 is 0 Å². The van der Waals surface area contributed by atoms with Crippen molar-refractivity contribution < 1.29 is 13.2 Å². The highest BCUT2D eigenvalue weighted by Crippen LogP contribution is 2.25. The fourth-order valence-corrected chi connectivity index (χ4v) is 4.79. The number of carbonyl (C=O) groups excluding carboxylic acids is 1. The Morgan fingerprint density at radius 2 is 1.89 bits per heavy atom. The summed E-state index contributed by atoms with van der Waals surface area (Å²) in [6, 6.07) is 0.111. The molecule has 104 valence electrons. The third-order valence-corrected chi connectivity index (χ3v) is 5.98. The Morgan fingerprint density at radius 1 is 1.22 bits per heavy atom. The Kier molecular flexibility index (Phi) is 3.96. The molecule has 5 nitrogen and oxygen atoms in total. The number of sulfone groups is 1. The largest absolute Gasteiger partial charge is 0.341 e. The van der Waals surface area contributed by atoms with E-state index in [-0.39, 0.29) is 35.4 Å². The summed E-state index contributed by atoms with van der Waals surface area (Å²) in [5, 5.41) is 0. The van der Waals surface area contributed by atoms with Crippen LogP contribution in [0.3, 0.4) is 0 Å². The summed E-state index contributed by atoms with van der Waals surface area (Å²) in [6.07, 6.45) is 4.57. The van der Waals surface area contributed by atoms with E-state index in [1.807, 2.05) is 0 Å². The Hall–Kier alpha value is -0.620. The summed E-state index contributed by atoms with van der Waals surface area (Å²) in [5.74, 6) is -0.237. The van der Waals surface area contributed by atoms with Gasteiger partial charge in [-0.2, -0.15) is 0 Å². The maximum Gasteiger partial charge on any atom is 0.226 e. The molecule has 1 aliphatic carbocycles. The molecule has 1 aliphatic heterocycles. The lowest BCUT2D eigenvalue weighted by Gasteiger charge is -2.37. The third-order valence-electron chi connectivity index (χ3n) is 4.21. The van der Waals surface area contributed by atoms with Crippen LogP contribution in [0, 0.1) is 5.92 Å². The van der Waals surface area contributed by atoms with Gasteiger partial charge in [0.2, 0.25) is 5.91 Å². The number of amides is 1. The fourth-order valence-electron chi connectivity index (χ4n) is 3.06. The van der Waals surface area contributed by atoms with Gasteiger partial charge in [0.1, 0.15) is 0 Å². The van der Waals surface area contributed by atoms with Gasteiger partial charge in [-0.1, -0.05) is 12.8 Å². The van der Waals surface area contributed by atoms with E-state index in [4.69, 9.17) is 5.73 Å². The van der Waals surface area contributed by atoms with Crippen LogP contribution in [0.15, 0.2) is 0 Å². The summed E-state index contributed by atoms with van der Waals surface area (Å²) < 4.78 is 22.8. The highest BCUT2D eigenvalue weighted by atomic mass is 32.2. The van der Waals surface area contributed by atoms with Gasteiger partial charge < -0.3 is 10.6 Å². The minimum atomic E-state index is -3.00. The van der Waals surface area contributed by atoms with Crippen molar-refractivity contribution in [3.63, 3.8) is 0 Å². The van der Waals surface area contributed by atoms with E-state index in [0.29, 0.717) is 6.42 Å². The SMILES string of the molecule is CN(C(=O)C1CCS(=O)(=O)C1)C1CCCCC1N. The molecule has 18 heavy (non-hydrogen) atoms. The molecule has 0 aromatic heterocycles. The second-order valence-electron chi connectivity index (χ2n) is 5.56. The molecule has 2 N–H and O–H groups in total. The molecule has 3 atom stereocenters. The van der Waals surface area contributed by atoms with E-state index >= 15 is 0 Å². The van der Waals surface area contributed by atoms with Crippen LogP contribution < -0.4 is 5.73 Å². The molecule has 6 heteroatoms. The first kappa shape index (κ1) is 13.8. The molecule has 0 radical (unpaired) electrons. The highest BCUT2D eigenvalue weighted by molar-refractivity contribution is 7.91. The zero-order valence-electron chi connectivity index (χ0n) is 10.8. The molecule has 1 saturated heterocycles. The monoisotopic (exact) mass is 274 g/mol. The number of hydrogen-bond acceptors (Lipinski definition) is 4. The van der Waals surface area contributed by atoms with Gasteiger partial charge in [0, 0.05) is 19.1 Å². The van der Waals surface area contributed by atoms with Gasteiger partial charge in [0.25, 0.3) is 0 Å². The molecule has 2 fully saturated rings. The summed E-state index contributed by atoms with van der Waals surface area (Å²) in [6.45, 7) is 0. The van der Waals surface area contributed by atoms with Crippen molar-refractivity contribution in [1.82, 2.24) is 4.90 Å². The zero-order valence-corrected chi connectivity index (χ0v) is 11.7. The number of carbonyl (C=O) groups is 1. The van der Waals surface area contributed by atoms with E-state index in [9.17, 15) is 13.2 Å². The van der Waals surface area contributed by atoms with Gasteiger partial charge in [0.05, 0.1) is 17.4 Å². The standard InChI is InChI=1S/C12H22N2O3S/c1-14(11-5-3-2-4-10(11)13)12(15)9-6-7-18(16,17)8-9/h9-11H,2-8,13H2,1H3. The predicted molar refractivity (Wildman–Crippen MR) is 69.8 cm³/mol. The van der Waals surface area contributed by atoms with Crippen LogP contribution in [0.4, 0.5) is 0 Å². The van der Waals surface area contributed by atoms with E-state index in [0.717, 1.165) is 25.7 Å². The van der Waals surface area contributed by atoms with Crippen molar-refractivity contribution in [2.45, 2.75) is 44.2 Å². The number of rotatable bonds is 2. The minimum Gasteiger partial charge on any atom is -0.341 e. The second kappa shape index (κ2) is 5.17. The lowest BCUT2D eigenvalue weighted by molar-refractivity contribution is -0.136. The summed E-state index contributed by atoms with van der Waals surface area (Å²) in [4.78, 5) is 14.0. The van der Waals surface area contributed by atoms with Crippen molar-refractivity contribution in [3.05, 3.63) is 0 Å². The molecule has 3 unspecified atom stereocenters. The molecule has 2 rings (SSSR count). The van der Waals surface area contributed by atoms with Crippen LogP contribution in [0.1, 0.15) is 32.1 Å². The Balaban J connectivity index is 2.00. The summed E-state index contributed by atoms with van der Waals surface area (Å²) >= 11 is 0. The predicted octanol–water partition coefficient (Wildman–Crippen LogP) is 0.149. The molecule has 1 heterocycles. The maximum absolute atomic E-state index is 12.3. The van der Waals surface area contributed by atoms with Crippen molar-refractivity contribution >= 4 is 15.7 Å². The molecule has 1 amide bonds. The molecule has 0 aromatic carbocycles. The number of nitrogens with two attached hydrogens (primary N) is 1. The Morgan fingerprint density at radius 3 is 2.44 bits per heavy atom. The van der Waals surface area contributed by atoms with Crippen molar-refractivity contribution in [2.24, 2.45) is 11.7 Å². The average Bonchev–Trinajstić information content (AvgIpc) is 2.68. The van der Waals surface area contributed by atoms with Crippen LogP contribution in [-0.2, 0) is 14.6 Å². The van der Waals surface area contributed by atoms with E-state index < -0.39 is 9.84 Å². The molecule has 0 spiro atoms. The maximum atomic E-state index is 12.3. The number of hydrogen-bond donors (Lipinski definition) is 1. The molecule has 0 aromatic rings. The third kappa shape index (κ3) is 2.85. The lowest BCUT2D eigenvalue weighted by atomic mass is 9.89. The van der Waals surface area contributed by atoms with Crippen LogP contribution in [0.25, 0.3) is 0 Å². The quantitative estimate of drug-likeness (QED) is 0.777. The van der Waals surface area contributed by atoms with Crippen LogP contribution in [0.2, 0.25) is 0 Å². The lowest BCUT2D eigenvalue weighted by Crippen LogP contribution is -2.51. The van der Waals surface area contributed by atoms with E-state index in [1.165, 1.54) is 0 Å². The van der Waals surface area contributed by atoms with E-state index in [2.05, 4.69) is 0 Å². The first-order valence-electron chi connectivity index (χ1n) is 6.63. The molecular weight excluding hydrogens is 252 g/mol. The molecular formula is C12H22N2O3S. The van der Waals surface area contributed by atoms with Crippen LogP contribution in [0.5, 0.6) is 0 Å². The summed E-state index contributed by atoms with van der Waals surface area (Å²) in [5.41, 5.74) is 6.06. The van der Waals surface area contributed by atoms with Gasteiger partial charge in [-0.25, -0.2) is 8.42 Å². The first-order valence-corrected chi connectivity index (χ1v) is 8.45. The van der Waals surface area contributed by atoms with Crippen molar-refractivity contribution in [3.8, 4) is 0 Å². The van der Waals surface area contributed by atoms with E-state index in [1.54, 1.807) is 11.9 Å². The molecule has 0 bridgehead atoms. The van der Waals surface area contributed by atoms with Crippen LogP contribution >= 0.6 is 0 Å². The average molecular weight is 274 g/mol. The highest BCUT2D eigenvalue weighted by Gasteiger charge is 2.37. The Labute approximate surface area is 109 Å². The van der Waals surface area contributed by atoms with Gasteiger partial charge in [-0.3, -0.25) is 4.79 Å². The molecule has 2 aliphatic rings. The van der Waals surface area contributed by atoms with Gasteiger partial charge in [-0.15, -0.1) is 0 Å². The summed E-state index contributed by atoms with van der Waals surface area (Å²) in [7, 11) is -1.23. The Bertz CT molecular complexity index is 421. The number of nitrogens with zero attached hydrogens (tertiary/aromatic N) is 1. The first-order chi connectivity index (χ1) is 8.41. The van der Waals surface area contributed by atoms with Crippen LogP contribution in [-0.4, -0.2) is 49.9 Å². The topological polar surface area (TPSA) is 80.5 Å².